The van der Waals surface area contributed by atoms with Crippen LogP contribution in [0.3, 0.4) is 0 Å². The maximum Gasteiger partial charge on any atom is 0.534 e. The summed E-state index contributed by atoms with van der Waals surface area (Å²) in [4.78, 5) is 12.6. The Bertz CT molecular complexity index is 1390. The molecule has 0 saturated heterocycles. The highest BCUT2D eigenvalue weighted by Crippen LogP contribution is 2.44. The van der Waals surface area contributed by atoms with E-state index in [4.69, 9.17) is 9.47 Å². The van der Waals surface area contributed by atoms with Gasteiger partial charge in [0.2, 0.25) is 0 Å². The Balaban J connectivity index is 1.27. The molecule has 1 aliphatic heterocycles. The summed E-state index contributed by atoms with van der Waals surface area (Å²) in [6, 6.07) is 19.9. The molecular weight excluding hydrogens is 511 g/mol. The zero-order chi connectivity index (χ0) is 26.2. The highest BCUT2D eigenvalue weighted by atomic mass is 32.2. The molecule has 1 aliphatic carbocycles. The average Bonchev–Trinajstić information content (AvgIpc) is 3.19. The third kappa shape index (κ3) is 4.88. The van der Waals surface area contributed by atoms with Gasteiger partial charge in [0.15, 0.2) is 0 Å². The minimum absolute atomic E-state index is 0.0835. The van der Waals surface area contributed by atoms with Crippen LogP contribution in [-0.2, 0) is 26.0 Å². The summed E-state index contributed by atoms with van der Waals surface area (Å²) in [6.07, 6.45) is -1.32. The van der Waals surface area contributed by atoms with E-state index in [0.717, 1.165) is 28.3 Å². The van der Waals surface area contributed by atoms with Crippen LogP contribution in [0, 0.1) is 0 Å². The van der Waals surface area contributed by atoms with E-state index < -0.39 is 33.6 Å². The molecule has 2 aliphatic rings. The lowest BCUT2D eigenvalue weighted by molar-refractivity contribution is -0.0501. The molecule has 0 saturated carbocycles. The lowest BCUT2D eigenvalue weighted by Gasteiger charge is -2.28. The van der Waals surface area contributed by atoms with Crippen molar-refractivity contribution in [1.82, 2.24) is 5.32 Å². The van der Waals surface area contributed by atoms with Crippen molar-refractivity contribution in [3.63, 3.8) is 0 Å². The SMILES string of the molecule is O=C(NCC1OCCc2cccc(OS(=O)(=O)C(F)(F)F)c21)OCC1c2ccccc2-c2ccccc21. The zero-order valence-electron chi connectivity index (χ0n) is 19.3. The molecule has 0 bridgehead atoms. The van der Waals surface area contributed by atoms with E-state index in [1.165, 1.54) is 6.07 Å². The Morgan fingerprint density at radius 1 is 0.973 bits per heavy atom. The van der Waals surface area contributed by atoms with Crippen molar-refractivity contribution in [2.24, 2.45) is 0 Å². The number of ether oxygens (including phenoxy) is 2. The predicted molar refractivity (Wildman–Crippen MR) is 128 cm³/mol. The number of alkyl halides is 3. The topological polar surface area (TPSA) is 90.9 Å². The fraction of sp³-hybridized carbons (Fsp3) is 0.269. The van der Waals surface area contributed by atoms with E-state index in [1.54, 1.807) is 6.07 Å². The van der Waals surface area contributed by atoms with E-state index in [1.807, 2.05) is 48.5 Å². The number of halogens is 3. The maximum absolute atomic E-state index is 12.9. The van der Waals surface area contributed by atoms with E-state index in [9.17, 15) is 26.4 Å². The molecule has 3 aromatic carbocycles. The van der Waals surface area contributed by atoms with E-state index in [0.29, 0.717) is 12.0 Å². The molecule has 1 atom stereocenters. The van der Waals surface area contributed by atoms with Crippen LogP contribution in [-0.4, -0.2) is 39.8 Å². The van der Waals surface area contributed by atoms with Crippen molar-refractivity contribution in [3.05, 3.63) is 89.0 Å². The minimum Gasteiger partial charge on any atom is -0.449 e. The molecule has 1 amide bonds. The van der Waals surface area contributed by atoms with Gasteiger partial charge < -0.3 is 19.0 Å². The number of carbonyl (C=O) groups excluding carboxylic acids is 1. The number of alkyl carbamates (subject to hydrolysis) is 1. The molecule has 0 aromatic heterocycles. The Morgan fingerprint density at radius 2 is 1.62 bits per heavy atom. The number of amides is 1. The van der Waals surface area contributed by atoms with Gasteiger partial charge in [0.25, 0.3) is 0 Å². The number of rotatable bonds is 6. The lowest BCUT2D eigenvalue weighted by atomic mass is 9.96. The van der Waals surface area contributed by atoms with Gasteiger partial charge in [0, 0.05) is 11.5 Å². The number of fused-ring (bicyclic) bond motifs is 4. The first-order chi connectivity index (χ1) is 17.7. The highest BCUT2D eigenvalue weighted by molar-refractivity contribution is 7.88. The van der Waals surface area contributed by atoms with Gasteiger partial charge in [-0.2, -0.15) is 21.6 Å². The van der Waals surface area contributed by atoms with Gasteiger partial charge in [0.1, 0.15) is 18.5 Å². The number of carbonyl (C=O) groups is 1. The van der Waals surface area contributed by atoms with Crippen molar-refractivity contribution < 1.29 is 40.0 Å². The average molecular weight is 534 g/mol. The molecule has 5 rings (SSSR count). The summed E-state index contributed by atoms with van der Waals surface area (Å²) in [5.41, 5.74) is -0.606. The molecule has 37 heavy (non-hydrogen) atoms. The highest BCUT2D eigenvalue weighted by Gasteiger charge is 2.49. The molecule has 194 valence electrons. The molecule has 0 spiro atoms. The van der Waals surface area contributed by atoms with E-state index in [2.05, 4.69) is 9.50 Å². The molecule has 1 heterocycles. The van der Waals surface area contributed by atoms with Crippen LogP contribution in [0.2, 0.25) is 0 Å². The van der Waals surface area contributed by atoms with Gasteiger partial charge in [-0.3, -0.25) is 0 Å². The number of nitrogens with one attached hydrogen (secondary N) is 1. The number of benzene rings is 3. The molecule has 3 aromatic rings. The van der Waals surface area contributed by atoms with Crippen LogP contribution < -0.4 is 9.50 Å². The lowest BCUT2D eigenvalue weighted by Crippen LogP contribution is -2.34. The van der Waals surface area contributed by atoms with Crippen molar-refractivity contribution in [1.29, 1.82) is 0 Å². The van der Waals surface area contributed by atoms with Crippen LogP contribution in [0.15, 0.2) is 66.7 Å². The van der Waals surface area contributed by atoms with Crippen molar-refractivity contribution in [2.75, 3.05) is 19.8 Å². The van der Waals surface area contributed by atoms with Crippen molar-refractivity contribution in [3.8, 4) is 16.9 Å². The maximum atomic E-state index is 12.9. The molecule has 0 fully saturated rings. The molecule has 7 nitrogen and oxygen atoms in total. The summed E-state index contributed by atoms with van der Waals surface area (Å²) in [5, 5.41) is 2.57. The Hall–Kier alpha value is -3.57. The van der Waals surface area contributed by atoms with Gasteiger partial charge in [-0.1, -0.05) is 60.7 Å². The normalized spacial score (nSPS) is 16.9. The molecular formula is C26H22F3NO6S. The van der Waals surface area contributed by atoms with Gasteiger partial charge in [-0.05, 0) is 40.3 Å². The van der Waals surface area contributed by atoms with Gasteiger partial charge in [-0.25, -0.2) is 4.79 Å². The second kappa shape index (κ2) is 9.71. The molecule has 0 radical (unpaired) electrons. The van der Waals surface area contributed by atoms with Crippen LogP contribution in [0.1, 0.15) is 34.3 Å². The number of hydrogen-bond acceptors (Lipinski definition) is 6. The van der Waals surface area contributed by atoms with Crippen LogP contribution >= 0.6 is 0 Å². The quantitative estimate of drug-likeness (QED) is 0.352. The van der Waals surface area contributed by atoms with Crippen LogP contribution in [0.25, 0.3) is 11.1 Å². The smallest absolute Gasteiger partial charge is 0.449 e. The third-order valence-corrected chi connectivity index (χ3v) is 7.39. The van der Waals surface area contributed by atoms with Crippen molar-refractivity contribution in [2.45, 2.75) is 24.0 Å². The monoisotopic (exact) mass is 533 g/mol. The zero-order valence-corrected chi connectivity index (χ0v) is 20.1. The van der Waals surface area contributed by atoms with Gasteiger partial charge in [-0.15, -0.1) is 0 Å². The fourth-order valence-electron chi connectivity index (χ4n) is 4.79. The largest absolute Gasteiger partial charge is 0.534 e. The minimum atomic E-state index is -5.87. The fourth-order valence-corrected chi connectivity index (χ4v) is 5.27. The second-order valence-electron chi connectivity index (χ2n) is 8.63. The molecule has 1 unspecified atom stereocenters. The van der Waals surface area contributed by atoms with Crippen LogP contribution in [0.4, 0.5) is 18.0 Å². The van der Waals surface area contributed by atoms with Gasteiger partial charge >= 0.3 is 21.7 Å². The summed E-state index contributed by atoms with van der Waals surface area (Å²) in [7, 11) is -5.87. The molecule has 1 N–H and O–H groups in total. The van der Waals surface area contributed by atoms with Crippen LogP contribution in [0.5, 0.6) is 5.75 Å². The predicted octanol–water partition coefficient (Wildman–Crippen LogP) is 5.07. The Morgan fingerprint density at radius 3 is 2.27 bits per heavy atom. The summed E-state index contributed by atoms with van der Waals surface area (Å²) in [6.45, 7) is 0.162. The van der Waals surface area contributed by atoms with Gasteiger partial charge in [0.05, 0.1) is 13.2 Å². The first-order valence-corrected chi connectivity index (χ1v) is 12.9. The Labute approximate surface area is 211 Å². The second-order valence-corrected chi connectivity index (χ2v) is 10.2. The van der Waals surface area contributed by atoms with E-state index in [-0.39, 0.29) is 31.2 Å². The third-order valence-electron chi connectivity index (χ3n) is 6.43. The Kier molecular flexibility index (Phi) is 6.59. The summed E-state index contributed by atoms with van der Waals surface area (Å²) >= 11 is 0. The van der Waals surface area contributed by atoms with E-state index >= 15 is 0 Å². The summed E-state index contributed by atoms with van der Waals surface area (Å²) < 4.78 is 77.4. The number of hydrogen-bond donors (Lipinski definition) is 1. The summed E-state index contributed by atoms with van der Waals surface area (Å²) in [5.74, 6) is -0.633. The molecule has 11 heteroatoms. The van der Waals surface area contributed by atoms with Crippen molar-refractivity contribution >= 4 is 16.2 Å². The first kappa shape index (κ1) is 25.1. The first-order valence-electron chi connectivity index (χ1n) is 11.5. The standard InChI is InChI=1S/C26H22F3NO6S/c27-26(28,29)37(32,33)36-22-11-5-6-16-12-13-34-23(24(16)22)14-30-25(31)35-15-21-19-9-3-1-7-17(19)18-8-2-4-10-20(18)21/h1-11,21,23H,12-15H2,(H,30,31).